The minimum atomic E-state index is 0.551. The Balaban J connectivity index is 1.34. The van der Waals surface area contributed by atoms with E-state index in [4.69, 9.17) is 9.15 Å². The number of benzene rings is 1. The molecule has 1 saturated heterocycles. The molecular weight excluding hydrogens is 366 g/mol. The number of anilines is 1. The molecule has 0 bridgehead atoms. The van der Waals surface area contributed by atoms with Gasteiger partial charge in [-0.05, 0) is 56.3 Å². The van der Waals surface area contributed by atoms with Crippen LogP contribution in [0, 0.1) is 0 Å². The molecule has 1 aromatic carbocycles. The van der Waals surface area contributed by atoms with Gasteiger partial charge in [0.2, 0.25) is 0 Å². The number of aliphatic imine (C=N–C) groups is 1. The lowest BCUT2D eigenvalue weighted by Gasteiger charge is -2.36. The smallest absolute Gasteiger partial charge is 0.191 e. The maximum Gasteiger partial charge on any atom is 0.191 e. The van der Waals surface area contributed by atoms with E-state index in [0.717, 1.165) is 69.7 Å². The molecule has 2 aromatic rings. The summed E-state index contributed by atoms with van der Waals surface area (Å²) in [4.78, 5) is 9.55. The number of nitrogens with one attached hydrogen (secondary N) is 2. The number of methoxy groups -OCH3 is 1. The lowest BCUT2D eigenvalue weighted by Crippen LogP contribution is -2.47. The second kappa shape index (κ2) is 11.4. The van der Waals surface area contributed by atoms with E-state index in [1.807, 2.05) is 24.3 Å². The van der Waals surface area contributed by atoms with Crippen molar-refractivity contribution < 1.29 is 9.15 Å². The molecule has 1 aliphatic heterocycles. The van der Waals surface area contributed by atoms with Gasteiger partial charge in [-0.1, -0.05) is 0 Å². The van der Waals surface area contributed by atoms with Gasteiger partial charge >= 0.3 is 0 Å². The summed E-state index contributed by atoms with van der Waals surface area (Å²) in [5.74, 6) is 2.62. The Bertz CT molecular complexity index is 722. The van der Waals surface area contributed by atoms with Gasteiger partial charge in [0.05, 0.1) is 13.4 Å². The molecule has 3 rings (SSSR count). The average molecular weight is 400 g/mol. The van der Waals surface area contributed by atoms with Crippen molar-refractivity contribution in [3.05, 3.63) is 48.4 Å². The quantitative estimate of drug-likeness (QED) is 0.384. The summed E-state index contributed by atoms with van der Waals surface area (Å²) in [6.45, 7) is 9.79. The summed E-state index contributed by atoms with van der Waals surface area (Å²) in [7, 11) is 1.70. The maximum absolute atomic E-state index is 5.34. The fourth-order valence-corrected chi connectivity index (χ4v) is 3.43. The Morgan fingerprint density at radius 2 is 1.90 bits per heavy atom. The molecule has 0 radical (unpaired) electrons. The van der Waals surface area contributed by atoms with Crippen molar-refractivity contribution in [2.75, 3.05) is 57.8 Å². The number of ether oxygens (including phenoxy) is 1. The Morgan fingerprint density at radius 3 is 2.55 bits per heavy atom. The van der Waals surface area contributed by atoms with Crippen LogP contribution in [0.15, 0.2) is 52.1 Å². The van der Waals surface area contributed by atoms with E-state index in [9.17, 15) is 0 Å². The standard InChI is InChI=1S/C22H33N5O2/c1-3-23-22(25-18-21-6-4-17-29-21)24-11-5-12-26-13-15-27(16-14-26)19-7-9-20(28-2)10-8-19/h4,6-10,17H,3,5,11-16,18H2,1-2H3,(H2,23,24,25). The van der Waals surface area contributed by atoms with E-state index >= 15 is 0 Å². The molecule has 2 heterocycles. The Morgan fingerprint density at radius 1 is 1.10 bits per heavy atom. The lowest BCUT2D eigenvalue weighted by molar-refractivity contribution is 0.255. The second-order valence-corrected chi connectivity index (χ2v) is 7.08. The molecule has 1 fully saturated rings. The first-order valence-corrected chi connectivity index (χ1v) is 10.4. The molecule has 29 heavy (non-hydrogen) atoms. The third kappa shape index (κ3) is 6.71. The molecule has 0 unspecified atom stereocenters. The fraction of sp³-hybridized carbons (Fsp3) is 0.500. The van der Waals surface area contributed by atoms with Gasteiger partial charge in [-0.2, -0.15) is 0 Å². The highest BCUT2D eigenvalue weighted by Gasteiger charge is 2.16. The van der Waals surface area contributed by atoms with Gasteiger partial charge in [-0.15, -0.1) is 0 Å². The first-order valence-electron chi connectivity index (χ1n) is 10.4. The van der Waals surface area contributed by atoms with Gasteiger partial charge in [-0.3, -0.25) is 4.90 Å². The molecule has 0 saturated carbocycles. The summed E-state index contributed by atoms with van der Waals surface area (Å²) in [5, 5.41) is 6.70. The summed E-state index contributed by atoms with van der Waals surface area (Å²) in [6, 6.07) is 12.2. The summed E-state index contributed by atoms with van der Waals surface area (Å²) in [5.41, 5.74) is 1.27. The molecular formula is C22H33N5O2. The molecule has 7 heteroatoms. The van der Waals surface area contributed by atoms with Crippen LogP contribution in [0.2, 0.25) is 0 Å². The van der Waals surface area contributed by atoms with E-state index in [1.54, 1.807) is 13.4 Å². The zero-order valence-electron chi connectivity index (χ0n) is 17.6. The molecule has 158 valence electrons. The number of furan rings is 1. The van der Waals surface area contributed by atoms with E-state index in [1.165, 1.54) is 5.69 Å². The van der Waals surface area contributed by atoms with E-state index in [0.29, 0.717) is 6.54 Å². The molecule has 0 aliphatic carbocycles. The van der Waals surface area contributed by atoms with Crippen LogP contribution in [0.5, 0.6) is 5.75 Å². The van der Waals surface area contributed by atoms with Crippen LogP contribution < -0.4 is 20.3 Å². The minimum absolute atomic E-state index is 0.551. The first-order chi connectivity index (χ1) is 14.3. The first kappa shape index (κ1) is 21.0. The van der Waals surface area contributed by atoms with Crippen LogP contribution in [-0.4, -0.2) is 63.8 Å². The lowest BCUT2D eigenvalue weighted by atomic mass is 10.2. The molecule has 7 nitrogen and oxygen atoms in total. The van der Waals surface area contributed by atoms with Gasteiger partial charge < -0.3 is 24.7 Å². The topological polar surface area (TPSA) is 65.3 Å². The monoisotopic (exact) mass is 399 g/mol. The van der Waals surface area contributed by atoms with Crippen LogP contribution in [0.25, 0.3) is 0 Å². The van der Waals surface area contributed by atoms with Crippen molar-refractivity contribution >= 4 is 11.6 Å². The van der Waals surface area contributed by atoms with Gasteiger partial charge in [0, 0.05) is 45.0 Å². The Hall–Kier alpha value is -2.67. The summed E-state index contributed by atoms with van der Waals surface area (Å²) < 4.78 is 10.6. The highest BCUT2D eigenvalue weighted by molar-refractivity contribution is 5.79. The minimum Gasteiger partial charge on any atom is -0.497 e. The van der Waals surface area contributed by atoms with Crippen LogP contribution in [0.1, 0.15) is 19.1 Å². The summed E-state index contributed by atoms with van der Waals surface area (Å²) >= 11 is 0. The van der Waals surface area contributed by atoms with Gasteiger partial charge in [0.1, 0.15) is 18.1 Å². The zero-order chi connectivity index (χ0) is 20.3. The molecule has 1 aromatic heterocycles. The largest absolute Gasteiger partial charge is 0.497 e. The van der Waals surface area contributed by atoms with Gasteiger partial charge in [0.15, 0.2) is 5.96 Å². The second-order valence-electron chi connectivity index (χ2n) is 7.08. The van der Waals surface area contributed by atoms with Crippen molar-refractivity contribution in [2.45, 2.75) is 19.9 Å². The van der Waals surface area contributed by atoms with Crippen LogP contribution in [-0.2, 0) is 6.54 Å². The zero-order valence-corrected chi connectivity index (χ0v) is 17.6. The summed E-state index contributed by atoms with van der Waals surface area (Å²) in [6.07, 6.45) is 2.77. The molecule has 0 atom stereocenters. The van der Waals surface area contributed by atoms with E-state index in [2.05, 4.69) is 44.5 Å². The van der Waals surface area contributed by atoms with Crippen molar-refractivity contribution in [3.63, 3.8) is 0 Å². The van der Waals surface area contributed by atoms with E-state index in [-0.39, 0.29) is 0 Å². The van der Waals surface area contributed by atoms with Crippen LogP contribution in [0.3, 0.4) is 0 Å². The van der Waals surface area contributed by atoms with E-state index < -0.39 is 0 Å². The number of hydrogen-bond donors (Lipinski definition) is 2. The highest BCUT2D eigenvalue weighted by atomic mass is 16.5. The number of guanidine groups is 1. The fourth-order valence-electron chi connectivity index (χ4n) is 3.43. The molecule has 0 spiro atoms. The average Bonchev–Trinajstić information content (AvgIpc) is 3.29. The van der Waals surface area contributed by atoms with Crippen molar-refractivity contribution in [2.24, 2.45) is 4.99 Å². The molecule has 1 aliphatic rings. The van der Waals surface area contributed by atoms with Gasteiger partial charge in [-0.25, -0.2) is 4.99 Å². The third-order valence-corrected chi connectivity index (χ3v) is 5.07. The maximum atomic E-state index is 5.34. The Kier molecular flexibility index (Phi) is 8.25. The number of piperazine rings is 1. The van der Waals surface area contributed by atoms with Crippen LogP contribution in [0.4, 0.5) is 5.69 Å². The van der Waals surface area contributed by atoms with Crippen molar-refractivity contribution in [1.82, 2.24) is 15.5 Å². The number of rotatable bonds is 9. The van der Waals surface area contributed by atoms with Crippen LogP contribution >= 0.6 is 0 Å². The van der Waals surface area contributed by atoms with Crippen molar-refractivity contribution in [3.8, 4) is 5.75 Å². The SMILES string of the molecule is CCNC(=NCc1ccco1)NCCCN1CCN(c2ccc(OC)cc2)CC1. The Labute approximate surface area is 173 Å². The van der Waals surface area contributed by atoms with Crippen molar-refractivity contribution in [1.29, 1.82) is 0 Å². The predicted molar refractivity (Wildman–Crippen MR) is 118 cm³/mol. The molecule has 2 N–H and O–H groups in total. The number of hydrogen-bond acceptors (Lipinski definition) is 5. The van der Waals surface area contributed by atoms with Gasteiger partial charge in [0.25, 0.3) is 0 Å². The molecule has 0 amide bonds. The highest BCUT2D eigenvalue weighted by Crippen LogP contribution is 2.20. The number of nitrogens with zero attached hydrogens (tertiary/aromatic N) is 3. The third-order valence-electron chi connectivity index (χ3n) is 5.07. The predicted octanol–water partition coefficient (Wildman–Crippen LogP) is 2.56. The normalized spacial score (nSPS) is 15.4.